The maximum Gasteiger partial charge on any atom is 0.281 e. The van der Waals surface area contributed by atoms with Gasteiger partial charge in [0.25, 0.3) is 5.24 Å². The van der Waals surface area contributed by atoms with E-state index in [4.69, 9.17) is 11.6 Å². The number of benzene rings is 1. The predicted octanol–water partition coefficient (Wildman–Crippen LogP) is 3.15. The Balaban J connectivity index is 1.85. The standard InChI is InChI=1S/C13H15ClN2O2S/c1-9-2-3-11(10(14)8-9)15-12(17)4-5-16-6-7-19-13(16)18/h2-3,8H,4-7H2,1H3,(H,15,17). The molecule has 0 atom stereocenters. The zero-order chi connectivity index (χ0) is 13.8. The minimum absolute atomic E-state index is 0.0566. The van der Waals surface area contributed by atoms with E-state index in [1.807, 2.05) is 13.0 Å². The Kier molecular flexibility index (Phi) is 4.71. The zero-order valence-electron chi connectivity index (χ0n) is 10.6. The van der Waals surface area contributed by atoms with Gasteiger partial charge in [-0.2, -0.15) is 0 Å². The summed E-state index contributed by atoms with van der Waals surface area (Å²) in [6, 6.07) is 5.48. The number of rotatable bonds is 4. The van der Waals surface area contributed by atoms with E-state index < -0.39 is 0 Å². The van der Waals surface area contributed by atoms with Gasteiger partial charge in [-0.25, -0.2) is 0 Å². The molecule has 0 saturated carbocycles. The van der Waals surface area contributed by atoms with Crippen molar-refractivity contribution in [1.82, 2.24) is 4.90 Å². The Morgan fingerprint density at radius 2 is 2.32 bits per heavy atom. The molecule has 1 aromatic carbocycles. The summed E-state index contributed by atoms with van der Waals surface area (Å²) in [5.74, 6) is 0.681. The average molecular weight is 299 g/mol. The summed E-state index contributed by atoms with van der Waals surface area (Å²) < 4.78 is 0. The van der Waals surface area contributed by atoms with E-state index in [9.17, 15) is 9.59 Å². The van der Waals surface area contributed by atoms with Crippen molar-refractivity contribution in [2.24, 2.45) is 0 Å². The third kappa shape index (κ3) is 3.88. The van der Waals surface area contributed by atoms with Crippen molar-refractivity contribution in [2.75, 3.05) is 24.2 Å². The molecule has 1 heterocycles. The molecule has 6 heteroatoms. The fraction of sp³-hybridized carbons (Fsp3) is 0.385. The second-order valence-electron chi connectivity index (χ2n) is 4.38. The summed E-state index contributed by atoms with van der Waals surface area (Å²) in [6.45, 7) is 3.12. The molecule has 0 unspecified atom stereocenters. The lowest BCUT2D eigenvalue weighted by atomic mass is 10.2. The molecule has 1 N–H and O–H groups in total. The maximum atomic E-state index is 11.8. The van der Waals surface area contributed by atoms with Gasteiger partial charge in [-0.15, -0.1) is 0 Å². The van der Waals surface area contributed by atoms with Crippen molar-refractivity contribution in [3.63, 3.8) is 0 Å². The second kappa shape index (κ2) is 6.30. The first-order valence-electron chi connectivity index (χ1n) is 6.04. The van der Waals surface area contributed by atoms with Crippen LogP contribution in [0.2, 0.25) is 5.02 Å². The van der Waals surface area contributed by atoms with Gasteiger partial charge in [0.15, 0.2) is 0 Å². The molecule has 4 nitrogen and oxygen atoms in total. The first-order chi connectivity index (χ1) is 9.06. The van der Waals surface area contributed by atoms with Crippen molar-refractivity contribution in [2.45, 2.75) is 13.3 Å². The highest BCUT2D eigenvalue weighted by Crippen LogP contribution is 2.23. The molecule has 0 bridgehead atoms. The molecule has 0 aliphatic carbocycles. The molecular formula is C13H15ClN2O2S. The lowest BCUT2D eigenvalue weighted by molar-refractivity contribution is -0.116. The second-order valence-corrected chi connectivity index (χ2v) is 5.84. The third-order valence-corrected chi connectivity index (χ3v) is 4.06. The number of anilines is 1. The van der Waals surface area contributed by atoms with E-state index in [0.29, 0.717) is 17.3 Å². The number of carbonyl (C=O) groups excluding carboxylic acids is 2. The number of carbonyl (C=O) groups is 2. The van der Waals surface area contributed by atoms with Gasteiger partial charge in [-0.05, 0) is 24.6 Å². The van der Waals surface area contributed by atoms with Crippen LogP contribution in [0.3, 0.4) is 0 Å². The van der Waals surface area contributed by atoms with Gasteiger partial charge in [-0.1, -0.05) is 29.4 Å². The first-order valence-corrected chi connectivity index (χ1v) is 7.40. The fourth-order valence-electron chi connectivity index (χ4n) is 1.80. The highest BCUT2D eigenvalue weighted by atomic mass is 35.5. The number of aryl methyl sites for hydroxylation is 1. The van der Waals surface area contributed by atoms with Crippen molar-refractivity contribution in [3.8, 4) is 0 Å². The monoisotopic (exact) mass is 298 g/mol. The van der Waals surface area contributed by atoms with Crippen molar-refractivity contribution in [3.05, 3.63) is 28.8 Å². The van der Waals surface area contributed by atoms with E-state index in [1.165, 1.54) is 11.8 Å². The Labute approximate surface area is 121 Å². The predicted molar refractivity (Wildman–Crippen MR) is 78.9 cm³/mol. The van der Waals surface area contributed by atoms with E-state index in [1.54, 1.807) is 17.0 Å². The Hall–Kier alpha value is -1.20. The van der Waals surface area contributed by atoms with Crippen LogP contribution >= 0.6 is 23.4 Å². The number of nitrogens with one attached hydrogen (secondary N) is 1. The largest absolute Gasteiger partial charge is 0.332 e. The summed E-state index contributed by atoms with van der Waals surface area (Å²) in [6.07, 6.45) is 0.288. The summed E-state index contributed by atoms with van der Waals surface area (Å²) in [7, 11) is 0. The van der Waals surface area contributed by atoms with Crippen molar-refractivity contribution >= 4 is 40.2 Å². The number of nitrogens with zero attached hydrogens (tertiary/aromatic N) is 1. The Morgan fingerprint density at radius 3 is 2.95 bits per heavy atom. The minimum atomic E-state index is -0.129. The topological polar surface area (TPSA) is 49.4 Å². The summed E-state index contributed by atoms with van der Waals surface area (Å²) in [5.41, 5.74) is 1.65. The minimum Gasteiger partial charge on any atom is -0.332 e. The SMILES string of the molecule is Cc1ccc(NC(=O)CCN2CCSC2=O)c(Cl)c1. The van der Waals surface area contributed by atoms with Crippen molar-refractivity contribution < 1.29 is 9.59 Å². The van der Waals surface area contributed by atoms with Crippen LogP contribution in [0.25, 0.3) is 0 Å². The molecule has 1 saturated heterocycles. The Bertz CT molecular complexity index is 507. The third-order valence-electron chi connectivity index (χ3n) is 2.85. The molecule has 19 heavy (non-hydrogen) atoms. The molecule has 0 aromatic heterocycles. The van der Waals surface area contributed by atoms with Crippen LogP contribution in [0.1, 0.15) is 12.0 Å². The van der Waals surface area contributed by atoms with Gasteiger partial charge in [0.1, 0.15) is 0 Å². The number of thioether (sulfide) groups is 1. The fourth-order valence-corrected chi connectivity index (χ4v) is 2.93. The van der Waals surface area contributed by atoms with Crippen LogP contribution in [-0.2, 0) is 4.79 Å². The van der Waals surface area contributed by atoms with Crippen LogP contribution in [0.4, 0.5) is 10.5 Å². The van der Waals surface area contributed by atoms with Gasteiger partial charge in [-0.3, -0.25) is 9.59 Å². The molecule has 1 aliphatic rings. The van der Waals surface area contributed by atoms with Gasteiger partial charge in [0.05, 0.1) is 10.7 Å². The molecule has 0 radical (unpaired) electrons. The molecule has 1 fully saturated rings. The summed E-state index contributed by atoms with van der Waals surface area (Å²) in [4.78, 5) is 24.9. The quantitative estimate of drug-likeness (QED) is 0.929. The van der Waals surface area contributed by atoms with E-state index in [0.717, 1.165) is 17.9 Å². The number of hydrogen-bond acceptors (Lipinski definition) is 3. The molecule has 1 aliphatic heterocycles. The molecule has 2 rings (SSSR count). The first kappa shape index (κ1) is 14.2. The van der Waals surface area contributed by atoms with Crippen LogP contribution in [0.15, 0.2) is 18.2 Å². The van der Waals surface area contributed by atoms with Crippen LogP contribution in [0, 0.1) is 6.92 Å². The van der Waals surface area contributed by atoms with Gasteiger partial charge < -0.3 is 10.2 Å². The molecular weight excluding hydrogens is 284 g/mol. The molecule has 102 valence electrons. The molecule has 1 aromatic rings. The Morgan fingerprint density at radius 1 is 1.53 bits per heavy atom. The van der Waals surface area contributed by atoms with Crippen LogP contribution < -0.4 is 5.32 Å². The average Bonchev–Trinajstić information content (AvgIpc) is 2.76. The zero-order valence-corrected chi connectivity index (χ0v) is 12.2. The summed E-state index contributed by atoms with van der Waals surface area (Å²) >= 11 is 7.34. The number of amides is 2. The highest BCUT2D eigenvalue weighted by Gasteiger charge is 2.21. The van der Waals surface area contributed by atoms with E-state index >= 15 is 0 Å². The van der Waals surface area contributed by atoms with Crippen LogP contribution in [0.5, 0.6) is 0 Å². The highest BCUT2D eigenvalue weighted by molar-refractivity contribution is 8.13. The van der Waals surface area contributed by atoms with E-state index in [-0.39, 0.29) is 17.6 Å². The molecule has 0 spiro atoms. The maximum absolute atomic E-state index is 11.8. The van der Waals surface area contributed by atoms with Crippen LogP contribution in [-0.4, -0.2) is 34.9 Å². The van der Waals surface area contributed by atoms with Gasteiger partial charge in [0.2, 0.25) is 5.91 Å². The number of hydrogen-bond donors (Lipinski definition) is 1. The summed E-state index contributed by atoms with van der Waals surface area (Å²) in [5, 5.41) is 3.35. The van der Waals surface area contributed by atoms with Gasteiger partial charge in [0, 0.05) is 25.3 Å². The van der Waals surface area contributed by atoms with E-state index in [2.05, 4.69) is 5.32 Å². The molecule has 2 amide bonds. The number of halogens is 1. The van der Waals surface area contributed by atoms with Gasteiger partial charge >= 0.3 is 0 Å². The normalized spacial score (nSPS) is 14.8. The lowest BCUT2D eigenvalue weighted by Crippen LogP contribution is -2.27. The van der Waals surface area contributed by atoms with Crippen molar-refractivity contribution in [1.29, 1.82) is 0 Å². The smallest absolute Gasteiger partial charge is 0.281 e. The lowest BCUT2D eigenvalue weighted by Gasteiger charge is -2.14.